The molecule has 8 heteroatoms. The third-order valence-corrected chi connectivity index (χ3v) is 9.10. The van der Waals surface area contributed by atoms with Gasteiger partial charge < -0.3 is 19.7 Å². The Balaban J connectivity index is 1.91. The van der Waals surface area contributed by atoms with E-state index in [9.17, 15) is 19.8 Å². The lowest BCUT2D eigenvalue weighted by Crippen LogP contribution is -2.49. The van der Waals surface area contributed by atoms with Crippen molar-refractivity contribution in [1.82, 2.24) is 4.98 Å². The smallest absolute Gasteiger partial charge is 0.311 e. The van der Waals surface area contributed by atoms with Crippen LogP contribution in [0, 0.1) is 30.1 Å². The fourth-order valence-electron chi connectivity index (χ4n) is 5.43. The number of aliphatic hydroxyl groups is 2. The van der Waals surface area contributed by atoms with Gasteiger partial charge in [0, 0.05) is 17.7 Å². The molecule has 202 valence electrons. The van der Waals surface area contributed by atoms with Crippen LogP contribution in [0.15, 0.2) is 11.0 Å². The van der Waals surface area contributed by atoms with Gasteiger partial charge in [0.05, 0.1) is 45.9 Å². The summed E-state index contributed by atoms with van der Waals surface area (Å²) in [6, 6.07) is 0. The number of fused-ring (bicyclic) bond motifs is 1. The number of aliphatic hydroxyl groups excluding tert-OH is 2. The molecule has 0 spiro atoms. The molecule has 0 amide bonds. The number of aryl methyl sites for hydroxylation is 1. The Kier molecular flexibility index (Phi) is 8.86. The highest BCUT2D eigenvalue weighted by atomic mass is 32.1. The van der Waals surface area contributed by atoms with Gasteiger partial charge in [-0.05, 0) is 58.1 Å². The molecule has 1 aromatic rings. The maximum absolute atomic E-state index is 13.4. The molecule has 3 heterocycles. The average molecular weight is 522 g/mol. The number of rotatable bonds is 2. The molecule has 0 aliphatic carbocycles. The molecular weight excluding hydrogens is 478 g/mol. The molecule has 2 N–H and O–H groups in total. The lowest BCUT2D eigenvalue weighted by molar-refractivity contribution is -0.162. The summed E-state index contributed by atoms with van der Waals surface area (Å²) >= 11 is 1.56. The lowest BCUT2D eigenvalue weighted by Gasteiger charge is -2.36. The van der Waals surface area contributed by atoms with Crippen LogP contribution < -0.4 is 0 Å². The normalized spacial score (nSPS) is 38.8. The van der Waals surface area contributed by atoms with E-state index in [2.05, 4.69) is 11.9 Å². The predicted molar refractivity (Wildman–Crippen MR) is 140 cm³/mol. The Bertz CT molecular complexity index is 986. The molecule has 1 aromatic heterocycles. The standard InChI is InChI=1S/C28H43NO6S/c1-15-10-9-11-28(8)22(35-28)13-21(16(2)12-20-14-36-19(5)29-20)34-26(33)18(4)25(32)27(6,7)24(31)17(3)23(15)30/h12,14-15,17-18,21-23,25,30,32H,9-11,13H2,1-8H3. The summed E-state index contributed by atoms with van der Waals surface area (Å²) in [7, 11) is 0. The number of epoxide rings is 1. The summed E-state index contributed by atoms with van der Waals surface area (Å²) in [5.74, 6) is -2.49. The Hall–Kier alpha value is -1.61. The minimum Gasteiger partial charge on any atom is -0.457 e. The van der Waals surface area contributed by atoms with E-state index in [1.807, 2.05) is 32.2 Å². The van der Waals surface area contributed by atoms with Gasteiger partial charge in [-0.3, -0.25) is 9.59 Å². The van der Waals surface area contributed by atoms with E-state index in [0.29, 0.717) is 6.42 Å². The van der Waals surface area contributed by atoms with E-state index in [-0.39, 0.29) is 23.4 Å². The van der Waals surface area contributed by atoms with Gasteiger partial charge in [0.25, 0.3) is 0 Å². The minimum absolute atomic E-state index is 0.0545. The summed E-state index contributed by atoms with van der Waals surface area (Å²) in [5, 5.41) is 24.9. The van der Waals surface area contributed by atoms with Gasteiger partial charge in [0.15, 0.2) is 0 Å². The van der Waals surface area contributed by atoms with E-state index < -0.39 is 41.5 Å². The van der Waals surface area contributed by atoms with Gasteiger partial charge in [-0.2, -0.15) is 0 Å². The first kappa shape index (κ1) is 29.0. The molecule has 0 aromatic carbocycles. The highest BCUT2D eigenvalue weighted by Gasteiger charge is 2.53. The van der Waals surface area contributed by atoms with Crippen LogP contribution >= 0.6 is 11.3 Å². The number of cyclic esters (lactones) is 1. The lowest BCUT2D eigenvalue weighted by atomic mass is 9.71. The first-order valence-corrected chi connectivity index (χ1v) is 13.9. The molecular formula is C28H43NO6S. The van der Waals surface area contributed by atoms with Crippen molar-refractivity contribution < 1.29 is 29.3 Å². The maximum atomic E-state index is 13.4. The monoisotopic (exact) mass is 521 g/mol. The van der Waals surface area contributed by atoms with Crippen LogP contribution in [0.3, 0.4) is 0 Å². The molecule has 2 saturated heterocycles. The Morgan fingerprint density at radius 2 is 1.83 bits per heavy atom. The Morgan fingerprint density at radius 1 is 1.17 bits per heavy atom. The van der Waals surface area contributed by atoms with E-state index >= 15 is 0 Å². The summed E-state index contributed by atoms with van der Waals surface area (Å²) in [6.45, 7) is 14.5. The molecule has 2 aliphatic rings. The van der Waals surface area contributed by atoms with Gasteiger partial charge >= 0.3 is 5.97 Å². The second-order valence-corrected chi connectivity index (χ2v) is 12.8. The van der Waals surface area contributed by atoms with E-state index in [1.165, 1.54) is 0 Å². The highest BCUT2D eigenvalue weighted by molar-refractivity contribution is 7.09. The molecule has 2 fully saturated rings. The van der Waals surface area contributed by atoms with Crippen molar-refractivity contribution in [3.8, 4) is 0 Å². The Morgan fingerprint density at radius 3 is 2.44 bits per heavy atom. The number of ether oxygens (including phenoxy) is 2. The van der Waals surface area contributed by atoms with Crippen LogP contribution in [0.4, 0.5) is 0 Å². The second-order valence-electron chi connectivity index (χ2n) is 11.7. The van der Waals surface area contributed by atoms with Crippen LogP contribution in [0.5, 0.6) is 0 Å². The number of thiazole rings is 1. The zero-order chi connectivity index (χ0) is 27.0. The topological polar surface area (TPSA) is 109 Å². The van der Waals surface area contributed by atoms with Crippen molar-refractivity contribution in [3.63, 3.8) is 0 Å². The summed E-state index contributed by atoms with van der Waals surface area (Å²) in [5.41, 5.74) is 0.138. The molecule has 2 aliphatic heterocycles. The van der Waals surface area contributed by atoms with Crippen LogP contribution in [0.1, 0.15) is 84.9 Å². The zero-order valence-electron chi connectivity index (χ0n) is 22.9. The van der Waals surface area contributed by atoms with E-state index in [0.717, 1.165) is 35.5 Å². The van der Waals surface area contributed by atoms with Gasteiger partial charge in [-0.25, -0.2) is 4.98 Å². The van der Waals surface area contributed by atoms with Gasteiger partial charge in [0.2, 0.25) is 0 Å². The number of ketones is 1. The molecule has 36 heavy (non-hydrogen) atoms. The predicted octanol–water partition coefficient (Wildman–Crippen LogP) is 4.72. The molecule has 3 rings (SSSR count). The minimum atomic E-state index is -1.26. The van der Waals surface area contributed by atoms with Crippen LogP contribution in [-0.2, 0) is 19.1 Å². The number of carbonyl (C=O) groups is 2. The summed E-state index contributed by atoms with van der Waals surface area (Å²) in [6.07, 6.45) is 2.21. The van der Waals surface area contributed by atoms with Gasteiger partial charge in [0.1, 0.15) is 11.9 Å². The maximum Gasteiger partial charge on any atom is 0.311 e. The van der Waals surface area contributed by atoms with Crippen LogP contribution in [0.25, 0.3) is 6.08 Å². The first-order valence-electron chi connectivity index (χ1n) is 13.1. The molecule has 8 unspecified atom stereocenters. The van der Waals surface area contributed by atoms with Crippen molar-refractivity contribution in [3.05, 3.63) is 21.7 Å². The molecule has 0 radical (unpaired) electrons. The zero-order valence-corrected chi connectivity index (χ0v) is 23.7. The average Bonchev–Trinajstić information content (AvgIpc) is 3.26. The number of aromatic nitrogens is 1. The number of carbonyl (C=O) groups excluding carboxylic acids is 2. The second kappa shape index (κ2) is 11.0. The molecule has 0 bridgehead atoms. The van der Waals surface area contributed by atoms with Crippen molar-refractivity contribution in [2.24, 2.45) is 23.2 Å². The van der Waals surface area contributed by atoms with Crippen molar-refractivity contribution >= 4 is 29.2 Å². The number of Topliss-reactive ketones (excluding diaryl/α,β-unsaturated/α-hetero) is 1. The number of esters is 1. The van der Waals surface area contributed by atoms with Crippen molar-refractivity contribution in [1.29, 1.82) is 0 Å². The SMILES string of the molecule is CC(=Cc1csc(C)n1)C1CC2OC2(C)CCCC(C)C(O)C(C)C(=O)C(C)(C)C(O)C(C)C(=O)O1. The first-order chi connectivity index (χ1) is 16.7. The number of nitrogens with zero attached hydrogens (tertiary/aromatic N) is 1. The quantitative estimate of drug-likeness (QED) is 0.428. The summed E-state index contributed by atoms with van der Waals surface area (Å²) in [4.78, 5) is 31.1. The van der Waals surface area contributed by atoms with E-state index in [1.54, 1.807) is 39.0 Å². The van der Waals surface area contributed by atoms with Crippen molar-refractivity contribution in [2.45, 2.75) is 111 Å². The highest BCUT2D eigenvalue weighted by Crippen LogP contribution is 2.45. The molecule has 7 nitrogen and oxygen atoms in total. The van der Waals surface area contributed by atoms with E-state index in [4.69, 9.17) is 9.47 Å². The Labute approximate surface area is 219 Å². The van der Waals surface area contributed by atoms with Crippen LogP contribution in [-0.4, -0.2) is 57.0 Å². The fourth-order valence-corrected chi connectivity index (χ4v) is 6.00. The number of hydrogen-bond donors (Lipinski definition) is 2. The van der Waals surface area contributed by atoms with Gasteiger partial charge in [-0.15, -0.1) is 11.3 Å². The fraction of sp³-hybridized carbons (Fsp3) is 0.750. The van der Waals surface area contributed by atoms with Crippen molar-refractivity contribution in [2.75, 3.05) is 0 Å². The third kappa shape index (κ3) is 6.26. The molecule has 0 saturated carbocycles. The van der Waals surface area contributed by atoms with Gasteiger partial charge in [-0.1, -0.05) is 34.1 Å². The third-order valence-electron chi connectivity index (χ3n) is 8.30. The largest absolute Gasteiger partial charge is 0.457 e. The summed E-state index contributed by atoms with van der Waals surface area (Å²) < 4.78 is 12.1. The van der Waals surface area contributed by atoms with Crippen LogP contribution in [0.2, 0.25) is 0 Å². The number of hydrogen-bond acceptors (Lipinski definition) is 8. The molecule has 8 atom stereocenters.